The van der Waals surface area contributed by atoms with E-state index in [9.17, 15) is 4.79 Å². The van der Waals surface area contributed by atoms with Crippen molar-refractivity contribution in [1.29, 1.82) is 5.26 Å². The van der Waals surface area contributed by atoms with Gasteiger partial charge in [0.1, 0.15) is 28.1 Å². The summed E-state index contributed by atoms with van der Waals surface area (Å²) in [6.07, 6.45) is 3.01. The first-order valence-electron chi connectivity index (χ1n) is 12.8. The highest BCUT2D eigenvalue weighted by Crippen LogP contribution is 2.42. The lowest BCUT2D eigenvalue weighted by molar-refractivity contribution is -0.132. The van der Waals surface area contributed by atoms with E-state index >= 15 is 0 Å². The van der Waals surface area contributed by atoms with E-state index in [1.54, 1.807) is 37.8 Å². The van der Waals surface area contributed by atoms with E-state index in [2.05, 4.69) is 40.2 Å². The minimum atomic E-state index is -1.27. The third kappa shape index (κ3) is 5.17. The zero-order valence-corrected chi connectivity index (χ0v) is 24.2. The highest BCUT2D eigenvalue weighted by atomic mass is 32.1. The molecule has 7 nitrogen and oxygen atoms in total. The smallest absolute Gasteiger partial charge is 0.346 e. The Morgan fingerprint density at radius 1 is 0.833 bits per heavy atom. The molecule has 2 heterocycles. The predicted molar refractivity (Wildman–Crippen MR) is 169 cm³/mol. The number of nitriles is 1. The topological polar surface area (TPSA) is 95.7 Å². The molecule has 0 aliphatic rings. The number of carbonyl (C=O) groups is 1. The Labute approximate surface area is 249 Å². The molecule has 0 bridgehead atoms. The average molecular weight is 590 g/mol. The fourth-order valence-corrected chi connectivity index (χ4v) is 6.76. The molecule has 0 atom stereocenters. The van der Waals surface area contributed by atoms with Gasteiger partial charge < -0.3 is 19.5 Å². The second kappa shape index (κ2) is 11.4. The molecule has 0 saturated heterocycles. The quantitative estimate of drug-likeness (QED) is 0.140. The molecule has 6 rings (SSSR count). The summed E-state index contributed by atoms with van der Waals surface area (Å²) >= 11 is 3.06. The number of benzene rings is 4. The number of hydrogen-bond acceptors (Lipinski definition) is 8. The summed E-state index contributed by atoms with van der Waals surface area (Å²) in [7, 11) is 3.32. The number of methoxy groups -OCH3 is 2. The number of anilines is 3. The largest absolute Gasteiger partial charge is 0.497 e. The molecule has 1 N–H and O–H groups in total. The van der Waals surface area contributed by atoms with Gasteiger partial charge in [0.2, 0.25) is 0 Å². The first-order chi connectivity index (χ1) is 20.5. The molecule has 0 radical (unpaired) electrons. The number of nitrogens with zero attached hydrogens (tertiary/aromatic N) is 3. The summed E-state index contributed by atoms with van der Waals surface area (Å²) in [6.45, 7) is 0. The number of carboxylic acid groups (broad SMARTS) is 1. The maximum absolute atomic E-state index is 11.2. The van der Waals surface area contributed by atoms with Crippen LogP contribution in [0.3, 0.4) is 0 Å². The third-order valence-electron chi connectivity index (χ3n) is 6.80. The van der Waals surface area contributed by atoms with Crippen LogP contribution in [0.4, 0.5) is 17.1 Å². The van der Waals surface area contributed by atoms with E-state index in [1.165, 1.54) is 22.8 Å². The minimum Gasteiger partial charge on any atom is -0.497 e. The van der Waals surface area contributed by atoms with Gasteiger partial charge >= 0.3 is 5.97 Å². The molecule has 0 unspecified atom stereocenters. The van der Waals surface area contributed by atoms with Crippen LogP contribution in [0.25, 0.3) is 36.7 Å². The predicted octanol–water partition coefficient (Wildman–Crippen LogP) is 8.66. The molecule has 42 heavy (non-hydrogen) atoms. The van der Waals surface area contributed by atoms with Crippen LogP contribution < -0.4 is 14.4 Å². The van der Waals surface area contributed by atoms with Crippen molar-refractivity contribution in [3.63, 3.8) is 0 Å². The number of carboxylic acids is 1. The van der Waals surface area contributed by atoms with E-state index in [0.717, 1.165) is 53.8 Å². The van der Waals surface area contributed by atoms with Crippen molar-refractivity contribution in [2.24, 2.45) is 0 Å². The van der Waals surface area contributed by atoms with Crippen LogP contribution in [0.2, 0.25) is 0 Å². The number of aliphatic carboxylic acids is 1. The summed E-state index contributed by atoms with van der Waals surface area (Å²) in [5, 5.41) is 21.0. The molecule has 0 fully saturated rings. The standard InChI is InChI=1S/C33H23N3O4S2/c1-39-25-9-4-22(5-10-25)36(23-6-11-26(40-2)12-7-23)24-8-14-28-27-13-3-20(15-29(27)41-30(28)17-24)31-19-35-32(42-31)16-21(18-34)33(37)38/h3-17,19H,1-2H3,(H,37,38)/b21-16+. The van der Waals surface area contributed by atoms with Crippen molar-refractivity contribution in [2.75, 3.05) is 19.1 Å². The Balaban J connectivity index is 1.40. The van der Waals surface area contributed by atoms with Crippen LogP contribution in [0.5, 0.6) is 11.5 Å². The summed E-state index contributed by atoms with van der Waals surface area (Å²) in [6, 6.07) is 30.5. The summed E-state index contributed by atoms with van der Waals surface area (Å²) in [4.78, 5) is 18.6. The molecule has 0 spiro atoms. The Morgan fingerprint density at radius 3 is 1.98 bits per heavy atom. The summed E-state index contributed by atoms with van der Waals surface area (Å²) < 4.78 is 13.0. The Kier molecular flexibility index (Phi) is 7.32. The van der Waals surface area contributed by atoms with Crippen molar-refractivity contribution in [3.8, 4) is 28.0 Å². The molecular formula is C33H23N3O4S2. The van der Waals surface area contributed by atoms with Gasteiger partial charge in [-0.25, -0.2) is 9.78 Å². The number of fused-ring (bicyclic) bond motifs is 3. The number of rotatable bonds is 8. The molecule has 9 heteroatoms. The SMILES string of the molecule is COc1ccc(N(c2ccc(OC)cc2)c2ccc3c(c2)sc2cc(-c4cnc(/C=C(\C#N)C(=O)O)s4)ccc23)cc1. The van der Waals surface area contributed by atoms with Crippen LogP contribution in [-0.4, -0.2) is 30.3 Å². The van der Waals surface area contributed by atoms with Gasteiger partial charge in [-0.15, -0.1) is 22.7 Å². The summed E-state index contributed by atoms with van der Waals surface area (Å²) in [5.41, 5.74) is 3.67. The third-order valence-corrected chi connectivity index (χ3v) is 8.91. The number of hydrogen-bond donors (Lipinski definition) is 1. The van der Waals surface area contributed by atoms with Gasteiger partial charge in [0.15, 0.2) is 0 Å². The van der Waals surface area contributed by atoms with E-state index in [1.807, 2.05) is 54.6 Å². The number of thiazole rings is 1. The lowest BCUT2D eigenvalue weighted by atomic mass is 10.1. The molecule has 0 aliphatic carbocycles. The van der Waals surface area contributed by atoms with Gasteiger partial charge in [0, 0.05) is 43.4 Å². The molecule has 0 saturated carbocycles. The lowest BCUT2D eigenvalue weighted by Gasteiger charge is -2.26. The zero-order chi connectivity index (χ0) is 29.2. The van der Waals surface area contributed by atoms with E-state index in [-0.39, 0.29) is 5.57 Å². The fourth-order valence-electron chi connectivity index (χ4n) is 4.72. The fraction of sp³-hybridized carbons (Fsp3) is 0.0606. The van der Waals surface area contributed by atoms with E-state index in [0.29, 0.717) is 5.01 Å². The van der Waals surface area contributed by atoms with Crippen LogP contribution in [0.1, 0.15) is 5.01 Å². The monoisotopic (exact) mass is 589 g/mol. The Hall–Kier alpha value is -5.17. The summed E-state index contributed by atoms with van der Waals surface area (Å²) in [5.74, 6) is 0.319. The van der Waals surface area contributed by atoms with Crippen LogP contribution in [-0.2, 0) is 4.79 Å². The van der Waals surface area contributed by atoms with Gasteiger partial charge in [0.25, 0.3) is 0 Å². The van der Waals surface area contributed by atoms with Gasteiger partial charge in [0.05, 0.1) is 19.1 Å². The average Bonchev–Trinajstić information content (AvgIpc) is 3.64. The van der Waals surface area contributed by atoms with Gasteiger partial charge in [-0.3, -0.25) is 0 Å². The second-order valence-corrected chi connectivity index (χ2v) is 11.4. The number of aromatic nitrogens is 1. The molecule has 6 aromatic rings. The minimum absolute atomic E-state index is 0.343. The molecule has 4 aromatic carbocycles. The van der Waals surface area contributed by atoms with Crippen molar-refractivity contribution in [1.82, 2.24) is 4.98 Å². The van der Waals surface area contributed by atoms with E-state index < -0.39 is 5.97 Å². The molecule has 206 valence electrons. The highest BCUT2D eigenvalue weighted by Gasteiger charge is 2.16. The molecule has 0 aliphatic heterocycles. The normalized spacial score (nSPS) is 11.4. The van der Waals surface area contributed by atoms with Crippen LogP contribution in [0.15, 0.2) is 96.7 Å². The molecule has 2 aromatic heterocycles. The van der Waals surface area contributed by atoms with Crippen LogP contribution >= 0.6 is 22.7 Å². The lowest BCUT2D eigenvalue weighted by Crippen LogP contribution is -2.09. The van der Waals surface area contributed by atoms with Crippen molar-refractivity contribution < 1.29 is 19.4 Å². The van der Waals surface area contributed by atoms with Crippen molar-refractivity contribution >= 4 is 72.0 Å². The van der Waals surface area contributed by atoms with Crippen LogP contribution in [0, 0.1) is 11.3 Å². The second-order valence-electron chi connectivity index (χ2n) is 9.26. The Morgan fingerprint density at radius 2 is 1.40 bits per heavy atom. The maximum atomic E-state index is 11.2. The molecule has 0 amide bonds. The van der Waals surface area contributed by atoms with Crippen molar-refractivity contribution in [3.05, 3.63) is 102 Å². The maximum Gasteiger partial charge on any atom is 0.346 e. The molecular weight excluding hydrogens is 567 g/mol. The van der Waals surface area contributed by atoms with Crippen molar-refractivity contribution in [2.45, 2.75) is 0 Å². The first kappa shape index (κ1) is 27.0. The highest BCUT2D eigenvalue weighted by molar-refractivity contribution is 7.26. The van der Waals surface area contributed by atoms with Gasteiger partial charge in [-0.05, 0) is 78.4 Å². The number of ether oxygens (including phenoxy) is 2. The van der Waals surface area contributed by atoms with Gasteiger partial charge in [-0.1, -0.05) is 18.2 Å². The van der Waals surface area contributed by atoms with Gasteiger partial charge in [-0.2, -0.15) is 5.26 Å². The van der Waals surface area contributed by atoms with E-state index in [4.69, 9.17) is 19.8 Å². The first-order valence-corrected chi connectivity index (χ1v) is 14.5. The Bertz CT molecular complexity index is 1950. The zero-order valence-electron chi connectivity index (χ0n) is 22.6. The number of thiophene rings is 1.